The highest BCUT2D eigenvalue weighted by molar-refractivity contribution is 7.89. The monoisotopic (exact) mass is 412 g/mol. The van der Waals surface area contributed by atoms with Crippen molar-refractivity contribution >= 4 is 33.2 Å². The van der Waals surface area contributed by atoms with Crippen LogP contribution in [0.2, 0.25) is 5.02 Å². The summed E-state index contributed by atoms with van der Waals surface area (Å²) in [5.74, 6) is -1.53. The molecular formula is C19H22ClFN2O3S. The van der Waals surface area contributed by atoms with Crippen LogP contribution in [0.25, 0.3) is 0 Å². The highest BCUT2D eigenvalue weighted by Crippen LogP contribution is 2.21. The van der Waals surface area contributed by atoms with Crippen molar-refractivity contribution in [1.29, 1.82) is 0 Å². The molecule has 0 aliphatic rings. The molecule has 0 aliphatic heterocycles. The summed E-state index contributed by atoms with van der Waals surface area (Å²) in [5.41, 5.74) is 0.0922. The van der Waals surface area contributed by atoms with E-state index < -0.39 is 21.7 Å². The van der Waals surface area contributed by atoms with Gasteiger partial charge in [0.2, 0.25) is 10.0 Å². The summed E-state index contributed by atoms with van der Waals surface area (Å²) in [6, 6.07) is 9.57. The van der Waals surface area contributed by atoms with Crippen molar-refractivity contribution in [3.8, 4) is 0 Å². The Morgan fingerprint density at radius 3 is 2.22 bits per heavy atom. The van der Waals surface area contributed by atoms with Gasteiger partial charge in [-0.05, 0) is 55.3 Å². The third kappa shape index (κ3) is 5.28. The summed E-state index contributed by atoms with van der Waals surface area (Å²) < 4.78 is 41.2. The fraction of sp³-hybridized carbons (Fsp3) is 0.316. The van der Waals surface area contributed by atoms with Gasteiger partial charge < -0.3 is 5.32 Å². The van der Waals surface area contributed by atoms with E-state index in [0.29, 0.717) is 36.6 Å². The molecule has 2 aromatic carbocycles. The first-order valence-electron chi connectivity index (χ1n) is 8.66. The van der Waals surface area contributed by atoms with E-state index in [9.17, 15) is 17.6 Å². The van der Waals surface area contributed by atoms with Gasteiger partial charge in [0.05, 0.1) is 10.5 Å². The molecule has 1 amide bonds. The number of nitrogens with one attached hydrogen (secondary N) is 1. The molecule has 0 bridgehead atoms. The number of hydrogen-bond donors (Lipinski definition) is 1. The van der Waals surface area contributed by atoms with Crippen LogP contribution in [-0.2, 0) is 10.0 Å². The standard InChI is InChI=1S/C19H22ClFN2O3S/c1-3-11-23(12-4-2)27(25,26)16-9-10-18(21)17(13-16)19(24)22-15-7-5-14(20)6-8-15/h5-10,13H,3-4,11-12H2,1-2H3,(H,22,24). The fourth-order valence-electron chi connectivity index (χ4n) is 2.57. The van der Waals surface area contributed by atoms with Crippen LogP contribution in [-0.4, -0.2) is 31.7 Å². The minimum absolute atomic E-state index is 0.105. The molecule has 0 aromatic heterocycles. The number of carbonyl (C=O) groups is 1. The van der Waals surface area contributed by atoms with Crippen LogP contribution >= 0.6 is 11.6 Å². The number of sulfonamides is 1. The second-order valence-corrected chi connectivity index (χ2v) is 8.38. The number of halogens is 2. The molecule has 0 saturated heterocycles. The molecule has 0 heterocycles. The number of benzene rings is 2. The first kappa shape index (κ1) is 21.3. The van der Waals surface area contributed by atoms with E-state index in [1.165, 1.54) is 10.4 Å². The van der Waals surface area contributed by atoms with Gasteiger partial charge in [-0.25, -0.2) is 12.8 Å². The Labute approximate surface area is 164 Å². The van der Waals surface area contributed by atoms with Crippen LogP contribution in [0, 0.1) is 5.82 Å². The lowest BCUT2D eigenvalue weighted by molar-refractivity contribution is 0.102. The SMILES string of the molecule is CCCN(CCC)S(=O)(=O)c1ccc(F)c(C(=O)Nc2ccc(Cl)cc2)c1. The number of rotatable bonds is 8. The lowest BCUT2D eigenvalue weighted by Gasteiger charge is -2.21. The summed E-state index contributed by atoms with van der Waals surface area (Å²) in [5, 5.41) is 3.04. The molecule has 27 heavy (non-hydrogen) atoms. The largest absolute Gasteiger partial charge is 0.322 e. The summed E-state index contributed by atoms with van der Waals surface area (Å²) in [6.07, 6.45) is 1.31. The van der Waals surface area contributed by atoms with Crippen LogP contribution in [0.5, 0.6) is 0 Å². The molecule has 1 N–H and O–H groups in total. The molecule has 0 atom stereocenters. The van der Waals surface area contributed by atoms with Crippen molar-refractivity contribution in [2.75, 3.05) is 18.4 Å². The van der Waals surface area contributed by atoms with Crippen molar-refractivity contribution in [1.82, 2.24) is 4.31 Å². The molecule has 5 nitrogen and oxygen atoms in total. The number of carbonyl (C=O) groups excluding carboxylic acids is 1. The molecule has 0 aliphatic carbocycles. The molecule has 0 unspecified atom stereocenters. The topological polar surface area (TPSA) is 66.5 Å². The lowest BCUT2D eigenvalue weighted by atomic mass is 10.2. The van der Waals surface area contributed by atoms with Gasteiger partial charge in [-0.2, -0.15) is 4.31 Å². The molecule has 2 rings (SSSR count). The predicted octanol–water partition coefficient (Wildman–Crippen LogP) is 4.54. The van der Waals surface area contributed by atoms with E-state index >= 15 is 0 Å². The molecule has 0 fully saturated rings. The van der Waals surface area contributed by atoms with Crippen molar-refractivity contribution in [2.24, 2.45) is 0 Å². The molecular weight excluding hydrogens is 391 g/mol. The van der Waals surface area contributed by atoms with Gasteiger partial charge in [0, 0.05) is 23.8 Å². The van der Waals surface area contributed by atoms with Crippen molar-refractivity contribution in [2.45, 2.75) is 31.6 Å². The average Bonchev–Trinajstić information content (AvgIpc) is 2.63. The summed E-state index contributed by atoms with van der Waals surface area (Å²) in [6.45, 7) is 4.49. The van der Waals surface area contributed by atoms with Crippen LogP contribution in [0.4, 0.5) is 10.1 Å². The van der Waals surface area contributed by atoms with Gasteiger partial charge >= 0.3 is 0 Å². The first-order valence-corrected chi connectivity index (χ1v) is 10.5. The Hall–Kier alpha value is -1.96. The van der Waals surface area contributed by atoms with Crippen LogP contribution in [0.1, 0.15) is 37.0 Å². The van der Waals surface area contributed by atoms with E-state index in [1.807, 2.05) is 13.8 Å². The van der Waals surface area contributed by atoms with E-state index in [4.69, 9.17) is 11.6 Å². The minimum atomic E-state index is -3.81. The zero-order valence-electron chi connectivity index (χ0n) is 15.2. The van der Waals surface area contributed by atoms with Gasteiger partial charge in [0.1, 0.15) is 5.82 Å². The highest BCUT2D eigenvalue weighted by atomic mass is 35.5. The van der Waals surface area contributed by atoms with Crippen molar-refractivity contribution in [3.63, 3.8) is 0 Å². The third-order valence-corrected chi connectivity index (χ3v) is 6.01. The first-order chi connectivity index (χ1) is 12.8. The Balaban J connectivity index is 2.34. The molecule has 8 heteroatoms. The zero-order valence-corrected chi connectivity index (χ0v) is 16.8. The maximum absolute atomic E-state index is 14.2. The maximum atomic E-state index is 14.2. The number of anilines is 1. The Morgan fingerprint density at radius 2 is 1.67 bits per heavy atom. The van der Waals surface area contributed by atoms with E-state index in [0.717, 1.165) is 12.1 Å². The second-order valence-electron chi connectivity index (χ2n) is 6.01. The van der Waals surface area contributed by atoms with E-state index in [-0.39, 0.29) is 10.5 Å². The minimum Gasteiger partial charge on any atom is -0.322 e. The van der Waals surface area contributed by atoms with E-state index in [1.54, 1.807) is 24.3 Å². The molecule has 0 spiro atoms. The van der Waals surface area contributed by atoms with Crippen LogP contribution in [0.15, 0.2) is 47.4 Å². The molecule has 0 saturated carbocycles. The molecule has 0 radical (unpaired) electrons. The normalized spacial score (nSPS) is 11.6. The van der Waals surface area contributed by atoms with Gasteiger partial charge in [-0.15, -0.1) is 0 Å². The number of nitrogens with zero attached hydrogens (tertiary/aromatic N) is 1. The summed E-state index contributed by atoms with van der Waals surface area (Å²) in [4.78, 5) is 12.3. The zero-order chi connectivity index (χ0) is 20.0. The third-order valence-electron chi connectivity index (χ3n) is 3.87. The van der Waals surface area contributed by atoms with Crippen LogP contribution < -0.4 is 5.32 Å². The predicted molar refractivity (Wildman–Crippen MR) is 105 cm³/mol. The van der Waals surface area contributed by atoms with Crippen LogP contribution in [0.3, 0.4) is 0 Å². The summed E-state index contributed by atoms with van der Waals surface area (Å²) >= 11 is 5.80. The smallest absolute Gasteiger partial charge is 0.258 e. The second kappa shape index (κ2) is 9.30. The van der Waals surface area contributed by atoms with Gasteiger partial charge in [-0.3, -0.25) is 4.79 Å². The van der Waals surface area contributed by atoms with Gasteiger partial charge in [0.15, 0.2) is 0 Å². The Kier molecular flexibility index (Phi) is 7.35. The molecule has 146 valence electrons. The lowest BCUT2D eigenvalue weighted by Crippen LogP contribution is -2.32. The average molecular weight is 413 g/mol. The molecule has 2 aromatic rings. The maximum Gasteiger partial charge on any atom is 0.258 e. The van der Waals surface area contributed by atoms with Crippen molar-refractivity contribution in [3.05, 3.63) is 58.9 Å². The Morgan fingerprint density at radius 1 is 1.07 bits per heavy atom. The Bertz CT molecular complexity index is 896. The summed E-state index contributed by atoms with van der Waals surface area (Å²) in [7, 11) is -3.81. The quantitative estimate of drug-likeness (QED) is 0.692. The number of hydrogen-bond acceptors (Lipinski definition) is 3. The van der Waals surface area contributed by atoms with Crippen molar-refractivity contribution < 1.29 is 17.6 Å². The van der Waals surface area contributed by atoms with Gasteiger partial charge in [0.25, 0.3) is 5.91 Å². The van der Waals surface area contributed by atoms with Gasteiger partial charge in [-0.1, -0.05) is 25.4 Å². The van der Waals surface area contributed by atoms with E-state index in [2.05, 4.69) is 5.32 Å². The number of amides is 1. The highest BCUT2D eigenvalue weighted by Gasteiger charge is 2.25. The fourth-order valence-corrected chi connectivity index (χ4v) is 4.35.